The van der Waals surface area contributed by atoms with E-state index in [0.29, 0.717) is 16.2 Å². The van der Waals surface area contributed by atoms with Crippen molar-refractivity contribution in [3.05, 3.63) is 40.6 Å². The predicted molar refractivity (Wildman–Crippen MR) is 57.4 cm³/mol. The molecule has 14 heavy (non-hydrogen) atoms. The number of halogens is 1. The smallest absolute Gasteiger partial charge is 0.163 e. The van der Waals surface area contributed by atoms with Crippen LogP contribution in [-0.4, -0.2) is 10.9 Å². The number of benzene rings is 1. The van der Waals surface area contributed by atoms with Gasteiger partial charge in [0, 0.05) is 5.02 Å². The van der Waals surface area contributed by atoms with E-state index in [1.165, 1.54) is 13.8 Å². The molecule has 0 spiro atoms. The van der Waals surface area contributed by atoms with Gasteiger partial charge in [0.1, 0.15) is 5.76 Å². The second kappa shape index (κ2) is 4.29. The Morgan fingerprint density at radius 3 is 2.07 bits per heavy atom. The summed E-state index contributed by atoms with van der Waals surface area (Å²) >= 11 is 5.71. The summed E-state index contributed by atoms with van der Waals surface area (Å²) in [7, 11) is 0. The highest BCUT2D eigenvalue weighted by atomic mass is 35.5. The molecule has 0 saturated heterocycles. The van der Waals surface area contributed by atoms with Crippen molar-refractivity contribution in [3.8, 4) is 0 Å². The average molecular weight is 211 g/mol. The lowest BCUT2D eigenvalue weighted by molar-refractivity contribution is -0.111. The summed E-state index contributed by atoms with van der Waals surface area (Å²) in [6.45, 7) is 2.91. The van der Waals surface area contributed by atoms with E-state index in [4.69, 9.17) is 11.6 Å². The van der Waals surface area contributed by atoms with Gasteiger partial charge in [-0.1, -0.05) is 23.7 Å². The highest BCUT2D eigenvalue weighted by molar-refractivity contribution is 6.30. The van der Waals surface area contributed by atoms with Gasteiger partial charge in [-0.25, -0.2) is 0 Å². The van der Waals surface area contributed by atoms with E-state index in [1.54, 1.807) is 24.3 Å². The summed E-state index contributed by atoms with van der Waals surface area (Å²) < 4.78 is 0. The minimum absolute atomic E-state index is 0.0276. The van der Waals surface area contributed by atoms with Crippen LogP contribution < -0.4 is 0 Å². The van der Waals surface area contributed by atoms with Crippen LogP contribution in [0.2, 0.25) is 5.02 Å². The van der Waals surface area contributed by atoms with Crippen LogP contribution in [0.5, 0.6) is 0 Å². The van der Waals surface area contributed by atoms with Crippen LogP contribution in [0, 0.1) is 0 Å². The first-order valence-electron chi connectivity index (χ1n) is 4.19. The lowest BCUT2D eigenvalue weighted by Crippen LogP contribution is -1.99. The van der Waals surface area contributed by atoms with E-state index >= 15 is 0 Å². The van der Waals surface area contributed by atoms with Crippen LogP contribution in [0.15, 0.2) is 30.0 Å². The second-order valence-electron chi connectivity index (χ2n) is 3.02. The van der Waals surface area contributed by atoms with E-state index < -0.39 is 0 Å². The molecule has 74 valence electrons. The molecule has 0 atom stereocenters. The number of ketones is 1. The predicted octanol–water partition coefficient (Wildman–Crippen LogP) is 3.22. The molecule has 0 aliphatic heterocycles. The van der Waals surface area contributed by atoms with Crippen LogP contribution in [0.25, 0.3) is 5.57 Å². The average Bonchev–Trinajstić information content (AvgIpc) is 2.07. The third-order valence-electron chi connectivity index (χ3n) is 1.85. The Bertz CT molecular complexity index is 373. The molecule has 0 amide bonds. The molecule has 0 aromatic heterocycles. The molecule has 1 N–H and O–H groups in total. The monoisotopic (exact) mass is 210 g/mol. The molecular formula is C11H11ClO2. The van der Waals surface area contributed by atoms with Gasteiger partial charge >= 0.3 is 0 Å². The summed E-state index contributed by atoms with van der Waals surface area (Å²) in [5.41, 5.74) is 1.02. The van der Waals surface area contributed by atoms with E-state index in [2.05, 4.69) is 0 Å². The SMILES string of the molecule is CC(=O)/C(=C(\C)O)c1ccc(Cl)cc1. The zero-order valence-corrected chi connectivity index (χ0v) is 8.80. The van der Waals surface area contributed by atoms with Crippen molar-refractivity contribution in [2.45, 2.75) is 13.8 Å². The first-order valence-corrected chi connectivity index (χ1v) is 4.57. The number of Topliss-reactive ketones (excluding diaryl/α,β-unsaturated/α-hetero) is 1. The molecule has 0 radical (unpaired) electrons. The van der Waals surface area contributed by atoms with Crippen molar-refractivity contribution in [1.82, 2.24) is 0 Å². The van der Waals surface area contributed by atoms with Crippen molar-refractivity contribution < 1.29 is 9.90 Å². The maximum absolute atomic E-state index is 11.2. The standard InChI is InChI=1S/C11H11ClO2/c1-7(13)11(8(2)14)9-3-5-10(12)6-4-9/h3-6,13H,1-2H3/b11-7-. The summed E-state index contributed by atoms with van der Waals surface area (Å²) in [6.07, 6.45) is 0. The number of rotatable bonds is 2. The number of allylic oxidation sites excluding steroid dienone is 2. The Morgan fingerprint density at radius 2 is 1.71 bits per heavy atom. The summed E-state index contributed by atoms with van der Waals surface area (Å²) in [6, 6.07) is 6.78. The second-order valence-corrected chi connectivity index (χ2v) is 3.46. The number of carbonyl (C=O) groups excluding carboxylic acids is 1. The highest BCUT2D eigenvalue weighted by Crippen LogP contribution is 2.20. The fourth-order valence-corrected chi connectivity index (χ4v) is 1.41. The lowest BCUT2D eigenvalue weighted by atomic mass is 10.0. The first-order chi connectivity index (χ1) is 6.52. The fraction of sp³-hybridized carbons (Fsp3) is 0.182. The Kier molecular flexibility index (Phi) is 3.31. The minimum Gasteiger partial charge on any atom is -0.512 e. The fourth-order valence-electron chi connectivity index (χ4n) is 1.28. The molecule has 3 heteroatoms. The van der Waals surface area contributed by atoms with Crippen LogP contribution in [0.3, 0.4) is 0 Å². The Morgan fingerprint density at radius 1 is 1.21 bits per heavy atom. The molecule has 0 aliphatic rings. The normalized spacial score (nSPS) is 12.2. The van der Waals surface area contributed by atoms with E-state index in [0.717, 1.165) is 0 Å². The van der Waals surface area contributed by atoms with Gasteiger partial charge in [0.2, 0.25) is 0 Å². The maximum atomic E-state index is 11.2. The summed E-state index contributed by atoms with van der Waals surface area (Å²) in [4.78, 5) is 11.2. The number of hydrogen-bond donors (Lipinski definition) is 1. The third-order valence-corrected chi connectivity index (χ3v) is 2.10. The quantitative estimate of drug-likeness (QED) is 0.601. The summed E-state index contributed by atoms with van der Waals surface area (Å²) in [5.74, 6) is -0.132. The van der Waals surface area contributed by atoms with Gasteiger partial charge in [-0.2, -0.15) is 0 Å². The van der Waals surface area contributed by atoms with Gasteiger partial charge in [-0.3, -0.25) is 4.79 Å². The van der Waals surface area contributed by atoms with Gasteiger partial charge in [0.15, 0.2) is 5.78 Å². The van der Waals surface area contributed by atoms with Gasteiger partial charge in [-0.05, 0) is 31.5 Å². The molecule has 0 unspecified atom stereocenters. The number of carbonyl (C=O) groups is 1. The van der Waals surface area contributed by atoms with Gasteiger partial charge < -0.3 is 5.11 Å². The number of aliphatic hydroxyl groups is 1. The largest absolute Gasteiger partial charge is 0.512 e. The first kappa shape index (κ1) is 10.8. The number of aliphatic hydroxyl groups excluding tert-OH is 1. The molecule has 0 saturated carbocycles. The number of hydrogen-bond acceptors (Lipinski definition) is 2. The van der Waals surface area contributed by atoms with Gasteiger partial charge in [-0.15, -0.1) is 0 Å². The molecule has 0 fully saturated rings. The third kappa shape index (κ3) is 2.36. The molecule has 1 aromatic rings. The molecule has 0 heterocycles. The topological polar surface area (TPSA) is 37.3 Å². The lowest BCUT2D eigenvalue weighted by Gasteiger charge is -2.04. The zero-order valence-electron chi connectivity index (χ0n) is 8.04. The van der Waals surface area contributed by atoms with Crippen molar-refractivity contribution in [2.24, 2.45) is 0 Å². The van der Waals surface area contributed by atoms with Crippen LogP contribution >= 0.6 is 11.6 Å². The Labute approximate surface area is 87.8 Å². The van der Waals surface area contributed by atoms with Crippen LogP contribution in [0.4, 0.5) is 0 Å². The summed E-state index contributed by atoms with van der Waals surface area (Å²) in [5, 5.41) is 9.94. The van der Waals surface area contributed by atoms with E-state index in [9.17, 15) is 9.90 Å². The Balaban J connectivity index is 3.21. The van der Waals surface area contributed by atoms with Crippen molar-refractivity contribution >= 4 is 23.0 Å². The Hall–Kier alpha value is -1.28. The maximum Gasteiger partial charge on any atom is 0.163 e. The molecule has 1 aromatic carbocycles. The van der Waals surface area contributed by atoms with E-state index in [-0.39, 0.29) is 11.5 Å². The molecule has 1 rings (SSSR count). The minimum atomic E-state index is -0.160. The highest BCUT2D eigenvalue weighted by Gasteiger charge is 2.10. The van der Waals surface area contributed by atoms with Gasteiger partial charge in [0.25, 0.3) is 0 Å². The van der Waals surface area contributed by atoms with Crippen molar-refractivity contribution in [2.75, 3.05) is 0 Å². The van der Waals surface area contributed by atoms with Crippen molar-refractivity contribution in [3.63, 3.8) is 0 Å². The van der Waals surface area contributed by atoms with Crippen LogP contribution in [-0.2, 0) is 4.79 Å². The molecule has 0 aliphatic carbocycles. The molecule has 2 nitrogen and oxygen atoms in total. The molecule has 0 bridgehead atoms. The zero-order chi connectivity index (χ0) is 10.7. The van der Waals surface area contributed by atoms with E-state index in [1.807, 2.05) is 0 Å². The van der Waals surface area contributed by atoms with Gasteiger partial charge in [0.05, 0.1) is 5.57 Å². The molecular weight excluding hydrogens is 200 g/mol. The van der Waals surface area contributed by atoms with Crippen LogP contribution in [0.1, 0.15) is 19.4 Å². The van der Waals surface area contributed by atoms with Crippen molar-refractivity contribution in [1.29, 1.82) is 0 Å².